The molecule has 20 heavy (non-hydrogen) atoms. The number of carbonyl (C=O) groups excluding carboxylic acids is 2. The van der Waals surface area contributed by atoms with Gasteiger partial charge in [0.1, 0.15) is 0 Å². The Kier molecular flexibility index (Phi) is 4.81. The van der Waals surface area contributed by atoms with Gasteiger partial charge in [-0.05, 0) is 45.7 Å². The highest BCUT2D eigenvalue weighted by Gasteiger charge is 2.29. The van der Waals surface area contributed by atoms with Crippen LogP contribution >= 0.6 is 11.3 Å². The molecule has 2 rings (SSSR count). The second kappa shape index (κ2) is 6.39. The van der Waals surface area contributed by atoms with Crippen LogP contribution in [0.4, 0.5) is 0 Å². The maximum Gasteiger partial charge on any atom is 0.263 e. The molecule has 1 fully saturated rings. The molecule has 0 saturated carbocycles. The molecular formula is C15H22N2O2S. The van der Waals surface area contributed by atoms with Crippen LogP contribution in [0.15, 0.2) is 12.1 Å². The molecular weight excluding hydrogens is 272 g/mol. The Hall–Kier alpha value is -1.36. The molecule has 0 unspecified atom stereocenters. The number of piperidine rings is 1. The lowest BCUT2D eigenvalue weighted by Crippen LogP contribution is -2.46. The monoisotopic (exact) mass is 294 g/mol. The molecule has 5 heteroatoms. The number of thiophene rings is 1. The number of nitrogens with zero attached hydrogens (tertiary/aromatic N) is 1. The molecule has 1 aliphatic heterocycles. The summed E-state index contributed by atoms with van der Waals surface area (Å²) in [6, 6.07) is 3.99. The maximum atomic E-state index is 12.4. The van der Waals surface area contributed by atoms with Gasteiger partial charge in [0, 0.05) is 24.0 Å². The minimum absolute atomic E-state index is 0.0603. The van der Waals surface area contributed by atoms with E-state index in [1.54, 1.807) is 0 Å². The Labute approximate surface area is 124 Å². The minimum atomic E-state index is -0.0730. The van der Waals surface area contributed by atoms with E-state index in [1.807, 2.05) is 37.8 Å². The zero-order valence-corrected chi connectivity index (χ0v) is 13.1. The molecule has 0 aromatic carbocycles. The predicted octanol–water partition coefficient (Wildman–Crippen LogP) is 2.43. The van der Waals surface area contributed by atoms with Crippen molar-refractivity contribution in [3.63, 3.8) is 0 Å². The van der Waals surface area contributed by atoms with Gasteiger partial charge in [-0.1, -0.05) is 0 Å². The Morgan fingerprint density at radius 3 is 2.75 bits per heavy atom. The zero-order chi connectivity index (χ0) is 14.7. The van der Waals surface area contributed by atoms with Crippen LogP contribution in [0, 0.1) is 12.8 Å². The van der Waals surface area contributed by atoms with Crippen molar-refractivity contribution in [3.05, 3.63) is 21.9 Å². The van der Waals surface area contributed by atoms with Gasteiger partial charge in [0.05, 0.1) is 10.8 Å². The van der Waals surface area contributed by atoms with E-state index in [4.69, 9.17) is 0 Å². The van der Waals surface area contributed by atoms with Crippen LogP contribution in [0.25, 0.3) is 0 Å². The summed E-state index contributed by atoms with van der Waals surface area (Å²) in [5.74, 6) is 0.0566. The lowest BCUT2D eigenvalue weighted by atomic mass is 9.96. The Morgan fingerprint density at radius 1 is 1.40 bits per heavy atom. The fourth-order valence-corrected chi connectivity index (χ4v) is 3.32. The fraction of sp³-hybridized carbons (Fsp3) is 0.600. The van der Waals surface area contributed by atoms with Crippen molar-refractivity contribution in [1.82, 2.24) is 10.2 Å². The van der Waals surface area contributed by atoms with Crippen LogP contribution in [-0.4, -0.2) is 35.8 Å². The van der Waals surface area contributed by atoms with Crippen molar-refractivity contribution >= 4 is 23.2 Å². The molecule has 1 aromatic rings. The van der Waals surface area contributed by atoms with Crippen LogP contribution in [0.2, 0.25) is 0 Å². The molecule has 0 bridgehead atoms. The van der Waals surface area contributed by atoms with Gasteiger partial charge in [-0.2, -0.15) is 0 Å². The van der Waals surface area contributed by atoms with Crippen LogP contribution in [0.3, 0.4) is 0 Å². The predicted molar refractivity (Wildman–Crippen MR) is 81.0 cm³/mol. The SMILES string of the molecule is Cc1ccc(C(=O)N2CCC[C@@H](C(=O)NC(C)C)C2)s1. The number of likely N-dealkylation sites (tertiary alicyclic amines) is 1. The quantitative estimate of drug-likeness (QED) is 0.931. The summed E-state index contributed by atoms with van der Waals surface area (Å²) in [7, 11) is 0. The molecule has 1 aromatic heterocycles. The molecule has 2 amide bonds. The molecule has 1 aliphatic rings. The van der Waals surface area contributed by atoms with Gasteiger partial charge in [0.25, 0.3) is 5.91 Å². The number of hydrogen-bond acceptors (Lipinski definition) is 3. The lowest BCUT2D eigenvalue weighted by molar-refractivity contribution is -0.126. The minimum Gasteiger partial charge on any atom is -0.354 e. The van der Waals surface area contributed by atoms with Crippen LogP contribution in [0.5, 0.6) is 0 Å². The Morgan fingerprint density at radius 2 is 2.15 bits per heavy atom. The number of amides is 2. The Balaban J connectivity index is 1.99. The van der Waals surface area contributed by atoms with Crippen molar-refractivity contribution in [1.29, 1.82) is 0 Å². The highest BCUT2D eigenvalue weighted by molar-refractivity contribution is 7.13. The number of aryl methyl sites for hydroxylation is 1. The first kappa shape index (κ1) is 15.0. The molecule has 1 saturated heterocycles. The fourth-order valence-electron chi connectivity index (χ4n) is 2.48. The second-order valence-electron chi connectivity index (χ2n) is 5.66. The second-order valence-corrected chi connectivity index (χ2v) is 6.95. The van der Waals surface area contributed by atoms with Crippen molar-refractivity contribution in [3.8, 4) is 0 Å². The third-order valence-corrected chi connectivity index (χ3v) is 4.45. The van der Waals surface area contributed by atoms with Gasteiger partial charge in [0.15, 0.2) is 0 Å². The smallest absolute Gasteiger partial charge is 0.263 e. The Bertz CT molecular complexity index is 496. The first-order chi connectivity index (χ1) is 9.47. The highest BCUT2D eigenvalue weighted by atomic mass is 32.1. The largest absolute Gasteiger partial charge is 0.354 e. The van der Waals surface area contributed by atoms with E-state index >= 15 is 0 Å². The van der Waals surface area contributed by atoms with E-state index in [0.29, 0.717) is 6.54 Å². The van der Waals surface area contributed by atoms with Crippen LogP contribution in [-0.2, 0) is 4.79 Å². The highest BCUT2D eigenvalue weighted by Crippen LogP contribution is 2.22. The lowest BCUT2D eigenvalue weighted by Gasteiger charge is -2.32. The average Bonchev–Trinajstić information content (AvgIpc) is 2.84. The van der Waals surface area contributed by atoms with Gasteiger partial charge in [-0.15, -0.1) is 11.3 Å². The molecule has 0 spiro atoms. The normalized spacial score (nSPS) is 19.2. The van der Waals surface area contributed by atoms with E-state index < -0.39 is 0 Å². The molecule has 0 aliphatic carbocycles. The number of nitrogens with one attached hydrogen (secondary N) is 1. The summed E-state index contributed by atoms with van der Waals surface area (Å²) in [6.45, 7) is 7.20. The summed E-state index contributed by atoms with van der Waals surface area (Å²) >= 11 is 1.52. The van der Waals surface area contributed by atoms with Gasteiger partial charge in [-0.3, -0.25) is 9.59 Å². The molecule has 1 N–H and O–H groups in total. The van der Waals surface area contributed by atoms with Crippen LogP contribution in [0.1, 0.15) is 41.2 Å². The van der Waals surface area contributed by atoms with Crippen molar-refractivity contribution in [2.45, 2.75) is 39.7 Å². The first-order valence-electron chi connectivity index (χ1n) is 7.13. The van der Waals surface area contributed by atoms with Gasteiger partial charge in [-0.25, -0.2) is 0 Å². The molecule has 4 nitrogen and oxygen atoms in total. The van der Waals surface area contributed by atoms with E-state index in [-0.39, 0.29) is 23.8 Å². The zero-order valence-electron chi connectivity index (χ0n) is 12.3. The topological polar surface area (TPSA) is 49.4 Å². The van der Waals surface area contributed by atoms with E-state index in [1.165, 1.54) is 11.3 Å². The van der Waals surface area contributed by atoms with Gasteiger partial charge in [0.2, 0.25) is 5.91 Å². The molecule has 2 heterocycles. The van der Waals surface area contributed by atoms with Gasteiger partial charge < -0.3 is 10.2 Å². The summed E-state index contributed by atoms with van der Waals surface area (Å²) < 4.78 is 0. The maximum absolute atomic E-state index is 12.4. The molecule has 1 atom stereocenters. The molecule has 110 valence electrons. The first-order valence-corrected chi connectivity index (χ1v) is 7.95. The number of carbonyl (C=O) groups is 2. The summed E-state index contributed by atoms with van der Waals surface area (Å²) in [4.78, 5) is 28.2. The standard InChI is InChI=1S/C15H22N2O2S/c1-10(2)16-14(18)12-5-4-8-17(9-12)15(19)13-7-6-11(3)20-13/h6-7,10,12H,4-5,8-9H2,1-3H3,(H,16,18)/t12-/m1/s1. The van der Waals surface area contributed by atoms with E-state index in [0.717, 1.165) is 29.1 Å². The average molecular weight is 294 g/mol. The van der Waals surface area contributed by atoms with E-state index in [9.17, 15) is 9.59 Å². The van der Waals surface area contributed by atoms with E-state index in [2.05, 4.69) is 5.32 Å². The third-order valence-electron chi connectivity index (χ3n) is 3.46. The summed E-state index contributed by atoms with van der Waals surface area (Å²) in [5.41, 5.74) is 0. The summed E-state index contributed by atoms with van der Waals surface area (Å²) in [5, 5.41) is 2.94. The summed E-state index contributed by atoms with van der Waals surface area (Å²) in [6.07, 6.45) is 1.76. The van der Waals surface area contributed by atoms with Crippen molar-refractivity contribution < 1.29 is 9.59 Å². The van der Waals surface area contributed by atoms with Crippen LogP contribution < -0.4 is 5.32 Å². The van der Waals surface area contributed by atoms with Crippen molar-refractivity contribution in [2.24, 2.45) is 5.92 Å². The molecule has 0 radical (unpaired) electrons. The van der Waals surface area contributed by atoms with Gasteiger partial charge >= 0.3 is 0 Å². The number of hydrogen-bond donors (Lipinski definition) is 1. The third kappa shape index (κ3) is 3.60. The van der Waals surface area contributed by atoms with Crippen molar-refractivity contribution in [2.75, 3.05) is 13.1 Å². The number of rotatable bonds is 3.